The van der Waals surface area contributed by atoms with Gasteiger partial charge in [-0.1, -0.05) is 57.2 Å². The van der Waals surface area contributed by atoms with Crippen LogP contribution in [-0.2, 0) is 26.1 Å². The molecular weight excluding hydrogens is 592 g/mol. The first kappa shape index (κ1) is 32.9. The average molecular weight is 622 g/mol. The zero-order valence-corrected chi connectivity index (χ0v) is 23.9. The molecule has 0 bridgehead atoms. The van der Waals surface area contributed by atoms with E-state index in [1.807, 2.05) is 4.72 Å². The molecule has 1 heterocycles. The summed E-state index contributed by atoms with van der Waals surface area (Å²) >= 11 is 0. The molecule has 0 saturated heterocycles. The number of nitrogens with one attached hydrogen (secondary N) is 1. The Balaban J connectivity index is 2.02. The van der Waals surface area contributed by atoms with Crippen LogP contribution in [0, 0.1) is 12.8 Å². The summed E-state index contributed by atoms with van der Waals surface area (Å²) in [5, 5.41) is 0. The highest BCUT2D eigenvalue weighted by atomic mass is 32.2. The summed E-state index contributed by atoms with van der Waals surface area (Å²) in [5.41, 5.74) is -4.23. The first-order chi connectivity index (χ1) is 19.4. The summed E-state index contributed by atoms with van der Waals surface area (Å²) in [7, 11) is -4.43. The standard InChI is InChI=1S/C27H29F6N3O5S/c1-5-8-22-34-23(37)25(26(28,29)30,27(31,32)33)36(22)14-19-12-11-18(13-17(19)4)20-9-6-7-10-21(20)42(39,40)35-24(38)41-15-16(2)3/h6-7,9-13,16H,5,8,14-15H2,1-4H3,(H,35,38). The molecule has 0 unspecified atom stereocenters. The molecule has 0 spiro atoms. The lowest BCUT2D eigenvalue weighted by molar-refractivity contribution is -0.314. The van der Waals surface area contributed by atoms with Gasteiger partial charge in [0.25, 0.3) is 15.9 Å². The number of aryl methyl sites for hydroxylation is 1. The fourth-order valence-electron chi connectivity index (χ4n) is 4.49. The molecule has 0 radical (unpaired) electrons. The van der Waals surface area contributed by atoms with Crippen molar-refractivity contribution in [1.29, 1.82) is 0 Å². The van der Waals surface area contributed by atoms with Crippen molar-refractivity contribution >= 4 is 27.9 Å². The van der Waals surface area contributed by atoms with Crippen molar-refractivity contribution in [1.82, 2.24) is 9.62 Å². The van der Waals surface area contributed by atoms with Crippen LogP contribution in [0.5, 0.6) is 0 Å². The number of hydrogen-bond donors (Lipinski definition) is 1. The third kappa shape index (κ3) is 6.25. The number of amides is 2. The van der Waals surface area contributed by atoms with E-state index in [0.29, 0.717) is 0 Å². The molecule has 2 amide bonds. The fourth-order valence-corrected chi connectivity index (χ4v) is 5.61. The van der Waals surface area contributed by atoms with Gasteiger partial charge in [0.2, 0.25) is 0 Å². The summed E-state index contributed by atoms with van der Waals surface area (Å²) in [6.07, 6.45) is -13.4. The monoisotopic (exact) mass is 621 g/mol. The van der Waals surface area contributed by atoms with Gasteiger partial charge in [-0.15, -0.1) is 0 Å². The molecule has 8 nitrogen and oxygen atoms in total. The molecular formula is C27H29F6N3O5S. The van der Waals surface area contributed by atoms with E-state index < -0.39 is 52.3 Å². The number of aliphatic imine (C=N–C) groups is 1. The number of benzene rings is 2. The van der Waals surface area contributed by atoms with E-state index in [2.05, 4.69) is 4.99 Å². The third-order valence-corrected chi connectivity index (χ3v) is 7.85. The summed E-state index contributed by atoms with van der Waals surface area (Å²) in [6.45, 7) is 5.49. The lowest BCUT2D eigenvalue weighted by atomic mass is 9.93. The van der Waals surface area contributed by atoms with E-state index in [0.717, 1.165) is 0 Å². The van der Waals surface area contributed by atoms with E-state index in [-0.39, 0.29) is 57.4 Å². The minimum Gasteiger partial charge on any atom is -0.449 e. The number of sulfonamides is 1. The maximum Gasteiger partial charge on any atom is 0.430 e. The Morgan fingerprint density at radius 2 is 1.69 bits per heavy atom. The summed E-state index contributed by atoms with van der Waals surface area (Å²) in [6, 6.07) is 9.53. The highest BCUT2D eigenvalue weighted by Crippen LogP contribution is 2.51. The molecule has 42 heavy (non-hydrogen) atoms. The van der Waals surface area contributed by atoms with Crippen molar-refractivity contribution in [3.05, 3.63) is 53.6 Å². The maximum absolute atomic E-state index is 14.1. The van der Waals surface area contributed by atoms with Crippen LogP contribution in [0.15, 0.2) is 52.4 Å². The molecule has 230 valence electrons. The predicted octanol–water partition coefficient (Wildman–Crippen LogP) is 6.14. The second-order valence-electron chi connectivity index (χ2n) is 10.1. The zero-order chi connectivity index (χ0) is 31.7. The van der Waals surface area contributed by atoms with Crippen molar-refractivity contribution in [3.63, 3.8) is 0 Å². The zero-order valence-electron chi connectivity index (χ0n) is 23.1. The van der Waals surface area contributed by atoms with Crippen molar-refractivity contribution < 1.29 is 49.1 Å². The smallest absolute Gasteiger partial charge is 0.430 e. The van der Waals surface area contributed by atoms with Gasteiger partial charge >= 0.3 is 24.0 Å². The average Bonchev–Trinajstić information content (AvgIpc) is 3.15. The van der Waals surface area contributed by atoms with Gasteiger partial charge in [0.15, 0.2) is 0 Å². The number of amidine groups is 1. The molecule has 3 rings (SSSR count). The van der Waals surface area contributed by atoms with Crippen molar-refractivity contribution in [2.75, 3.05) is 6.61 Å². The first-order valence-electron chi connectivity index (χ1n) is 12.8. The van der Waals surface area contributed by atoms with Crippen LogP contribution in [0.4, 0.5) is 31.1 Å². The molecule has 0 aliphatic carbocycles. The number of rotatable bonds is 9. The van der Waals surface area contributed by atoms with Crippen LogP contribution >= 0.6 is 0 Å². The first-order valence-corrected chi connectivity index (χ1v) is 14.3. The highest BCUT2D eigenvalue weighted by molar-refractivity contribution is 7.90. The Labute approximate surface area is 238 Å². The number of hydrogen-bond acceptors (Lipinski definition) is 6. The summed E-state index contributed by atoms with van der Waals surface area (Å²) in [5.74, 6) is -3.03. The summed E-state index contributed by atoms with van der Waals surface area (Å²) in [4.78, 5) is 27.2. The van der Waals surface area contributed by atoms with Crippen molar-refractivity contribution in [3.8, 4) is 11.1 Å². The molecule has 1 aliphatic rings. The largest absolute Gasteiger partial charge is 0.449 e. The van der Waals surface area contributed by atoms with Crippen molar-refractivity contribution in [2.24, 2.45) is 10.9 Å². The van der Waals surface area contributed by atoms with Crippen LogP contribution < -0.4 is 4.72 Å². The van der Waals surface area contributed by atoms with Gasteiger partial charge < -0.3 is 9.64 Å². The molecule has 0 atom stereocenters. The van der Waals surface area contributed by atoms with E-state index in [1.54, 1.807) is 13.8 Å². The van der Waals surface area contributed by atoms with Crippen LogP contribution in [0.1, 0.15) is 44.7 Å². The second kappa shape index (κ2) is 11.9. The van der Waals surface area contributed by atoms with Gasteiger partial charge in [-0.25, -0.2) is 17.9 Å². The number of halogens is 6. The normalized spacial score (nSPS) is 15.6. The van der Waals surface area contributed by atoms with Gasteiger partial charge in [-0.2, -0.15) is 31.3 Å². The Kier molecular flexibility index (Phi) is 9.35. The lowest BCUT2D eigenvalue weighted by Gasteiger charge is -2.40. The Bertz CT molecular complexity index is 1470. The minimum absolute atomic E-state index is 0.0193. The maximum atomic E-state index is 14.1. The molecule has 0 saturated carbocycles. The van der Waals surface area contributed by atoms with Crippen LogP contribution in [-0.4, -0.2) is 55.7 Å². The number of alkyl halides is 6. The molecule has 2 aromatic rings. The molecule has 2 aromatic carbocycles. The van der Waals surface area contributed by atoms with Gasteiger partial charge in [-0.05, 0) is 42.0 Å². The third-order valence-electron chi connectivity index (χ3n) is 6.47. The van der Waals surface area contributed by atoms with E-state index in [4.69, 9.17) is 4.74 Å². The predicted molar refractivity (Wildman–Crippen MR) is 141 cm³/mol. The second-order valence-corrected chi connectivity index (χ2v) is 11.8. The number of nitrogens with zero attached hydrogens (tertiary/aromatic N) is 2. The topological polar surface area (TPSA) is 105 Å². The minimum atomic E-state index is -6.02. The van der Waals surface area contributed by atoms with Crippen LogP contribution in [0.3, 0.4) is 0 Å². The molecule has 0 aromatic heterocycles. The highest BCUT2D eigenvalue weighted by Gasteiger charge is 2.81. The number of carbonyl (C=O) groups excluding carboxylic acids is 2. The Hall–Kier alpha value is -3.62. The lowest BCUT2D eigenvalue weighted by Crippen LogP contribution is -2.69. The quantitative estimate of drug-likeness (QED) is 0.338. The van der Waals surface area contributed by atoms with Gasteiger partial charge in [0, 0.05) is 18.5 Å². The van der Waals surface area contributed by atoms with E-state index in [1.165, 1.54) is 56.3 Å². The van der Waals surface area contributed by atoms with Crippen LogP contribution in [0.25, 0.3) is 11.1 Å². The molecule has 0 fully saturated rings. The molecule has 1 aliphatic heterocycles. The number of ether oxygens (including phenoxy) is 1. The molecule has 1 N–H and O–H groups in total. The van der Waals surface area contributed by atoms with Gasteiger partial charge in [-0.3, -0.25) is 4.79 Å². The molecule has 15 heteroatoms. The summed E-state index contributed by atoms with van der Waals surface area (Å²) < 4.78 is 117. The van der Waals surface area contributed by atoms with E-state index in [9.17, 15) is 44.3 Å². The fraction of sp³-hybridized carbons (Fsp3) is 0.444. The van der Waals surface area contributed by atoms with Crippen molar-refractivity contribution in [2.45, 2.75) is 69.9 Å². The Morgan fingerprint density at radius 1 is 1.07 bits per heavy atom. The Morgan fingerprint density at radius 3 is 2.24 bits per heavy atom. The number of carbonyl (C=O) groups is 2. The van der Waals surface area contributed by atoms with Crippen LogP contribution in [0.2, 0.25) is 0 Å². The SMILES string of the molecule is CCCC1=NC(=O)C(C(F)(F)F)(C(F)(F)F)N1Cc1ccc(-c2ccccc2S(=O)(=O)NC(=O)OCC(C)C)cc1C. The van der Waals surface area contributed by atoms with Gasteiger partial charge in [0.05, 0.1) is 11.5 Å². The van der Waals surface area contributed by atoms with E-state index >= 15 is 0 Å². The van der Waals surface area contributed by atoms with Gasteiger partial charge in [0.1, 0.15) is 5.84 Å².